The second-order valence-corrected chi connectivity index (χ2v) is 7.53. The third-order valence-electron chi connectivity index (χ3n) is 4.24. The molecule has 2 aromatic rings. The molecular weight excluding hydrogens is 392 g/mol. The molecule has 0 aliphatic carbocycles. The lowest BCUT2D eigenvalue weighted by atomic mass is 10.3. The highest BCUT2D eigenvalue weighted by atomic mass is 32.2. The summed E-state index contributed by atoms with van der Waals surface area (Å²) >= 11 is 1.40. The van der Waals surface area contributed by atoms with Crippen LogP contribution >= 0.6 is 11.8 Å². The molecule has 1 aliphatic rings. The van der Waals surface area contributed by atoms with Crippen LogP contribution in [0.4, 0.5) is 5.69 Å². The first-order chi connectivity index (χ1) is 14.0. The molecule has 1 heterocycles. The Kier molecular flexibility index (Phi) is 7.24. The quantitative estimate of drug-likeness (QED) is 0.699. The number of likely N-dealkylation sites (N-methyl/N-ethyl adjacent to an activating group) is 1. The van der Waals surface area contributed by atoms with Gasteiger partial charge in [-0.25, -0.2) is 0 Å². The van der Waals surface area contributed by atoms with Gasteiger partial charge < -0.3 is 24.4 Å². The molecule has 154 valence electrons. The van der Waals surface area contributed by atoms with Crippen molar-refractivity contribution in [2.24, 2.45) is 0 Å². The number of rotatable bonds is 7. The number of nitrogens with zero attached hydrogens (tertiary/aromatic N) is 1. The van der Waals surface area contributed by atoms with E-state index in [2.05, 4.69) is 5.32 Å². The third-order valence-corrected chi connectivity index (χ3v) is 5.22. The van der Waals surface area contributed by atoms with E-state index in [4.69, 9.17) is 14.2 Å². The maximum Gasteiger partial charge on any atom is 0.243 e. The van der Waals surface area contributed by atoms with Crippen molar-refractivity contribution in [2.45, 2.75) is 11.3 Å². The maximum atomic E-state index is 12.4. The molecule has 8 heteroatoms. The molecule has 0 radical (unpaired) electrons. The van der Waals surface area contributed by atoms with Crippen LogP contribution in [0.15, 0.2) is 47.4 Å². The molecular formula is C21H24N2O5S. The van der Waals surface area contributed by atoms with Gasteiger partial charge in [0, 0.05) is 30.1 Å². The van der Waals surface area contributed by atoms with Crippen molar-refractivity contribution < 1.29 is 23.8 Å². The van der Waals surface area contributed by atoms with Crippen molar-refractivity contribution in [2.75, 3.05) is 45.0 Å². The molecule has 2 amide bonds. The average Bonchev–Trinajstić information content (AvgIpc) is 2.96. The molecule has 0 fully saturated rings. The molecule has 7 nitrogen and oxygen atoms in total. The van der Waals surface area contributed by atoms with Crippen molar-refractivity contribution in [3.63, 3.8) is 0 Å². The highest BCUT2D eigenvalue weighted by molar-refractivity contribution is 8.00. The van der Waals surface area contributed by atoms with E-state index in [0.717, 1.165) is 17.1 Å². The van der Waals surface area contributed by atoms with Crippen LogP contribution in [0.25, 0.3) is 0 Å². The molecule has 1 aliphatic heterocycles. The van der Waals surface area contributed by atoms with Gasteiger partial charge in [-0.1, -0.05) is 6.07 Å². The Hall–Kier alpha value is -2.87. The zero-order chi connectivity index (χ0) is 20.6. The minimum atomic E-state index is -0.269. The van der Waals surface area contributed by atoms with E-state index in [1.165, 1.54) is 16.7 Å². The molecule has 0 aromatic heterocycles. The number of anilines is 1. The molecule has 0 saturated carbocycles. The van der Waals surface area contributed by atoms with Crippen LogP contribution in [0.3, 0.4) is 0 Å². The monoisotopic (exact) mass is 416 g/mol. The van der Waals surface area contributed by atoms with Crippen molar-refractivity contribution in [3.05, 3.63) is 42.5 Å². The SMILES string of the molecule is COc1cccc(NC(=O)CN(C)C(=O)CSc2ccc3c(c2)OCCCO3)c1. The van der Waals surface area contributed by atoms with Crippen molar-refractivity contribution >= 4 is 29.3 Å². The molecule has 0 bridgehead atoms. The zero-order valence-corrected chi connectivity index (χ0v) is 17.3. The number of amides is 2. The number of carbonyl (C=O) groups excluding carboxylic acids is 2. The van der Waals surface area contributed by atoms with Gasteiger partial charge in [-0.05, 0) is 30.3 Å². The number of benzene rings is 2. The second kappa shape index (κ2) is 10.1. The standard InChI is InChI=1S/C21H24N2O5S/c1-23(13-20(24)22-15-5-3-6-16(11-15)26-2)21(25)14-29-17-7-8-18-19(12-17)28-10-4-9-27-18/h3,5-8,11-12H,4,9-10,13-14H2,1-2H3,(H,22,24). The number of thioether (sulfide) groups is 1. The van der Waals surface area contributed by atoms with Gasteiger partial charge in [0.15, 0.2) is 11.5 Å². The van der Waals surface area contributed by atoms with Gasteiger partial charge >= 0.3 is 0 Å². The summed E-state index contributed by atoms with van der Waals surface area (Å²) in [6.07, 6.45) is 0.845. The summed E-state index contributed by atoms with van der Waals surface area (Å²) in [7, 11) is 3.18. The van der Waals surface area contributed by atoms with Gasteiger partial charge in [-0.3, -0.25) is 9.59 Å². The van der Waals surface area contributed by atoms with Crippen LogP contribution in [-0.4, -0.2) is 56.4 Å². The highest BCUT2D eigenvalue weighted by Crippen LogP contribution is 2.33. The van der Waals surface area contributed by atoms with Gasteiger partial charge in [0.05, 0.1) is 32.6 Å². The minimum Gasteiger partial charge on any atom is -0.497 e. The molecule has 0 saturated heterocycles. The first kappa shape index (κ1) is 20.9. The maximum absolute atomic E-state index is 12.4. The fourth-order valence-electron chi connectivity index (χ4n) is 2.69. The summed E-state index contributed by atoms with van der Waals surface area (Å²) in [6.45, 7) is 1.23. The Morgan fingerprint density at radius 3 is 2.72 bits per heavy atom. The first-order valence-electron chi connectivity index (χ1n) is 9.25. The third kappa shape index (κ3) is 6.05. The Bertz CT molecular complexity index is 874. The fraction of sp³-hybridized carbons (Fsp3) is 0.333. The Balaban J connectivity index is 1.48. The fourth-order valence-corrected chi connectivity index (χ4v) is 3.56. The van der Waals surface area contributed by atoms with Crippen LogP contribution in [0.2, 0.25) is 0 Å². The second-order valence-electron chi connectivity index (χ2n) is 6.48. The average molecular weight is 416 g/mol. The smallest absolute Gasteiger partial charge is 0.243 e. The van der Waals surface area contributed by atoms with Crippen LogP contribution in [0.5, 0.6) is 17.2 Å². The predicted octanol–water partition coefficient (Wildman–Crippen LogP) is 3.05. The summed E-state index contributed by atoms with van der Waals surface area (Å²) < 4.78 is 16.4. The Morgan fingerprint density at radius 2 is 1.93 bits per heavy atom. The number of methoxy groups -OCH3 is 1. The number of hydrogen-bond acceptors (Lipinski definition) is 6. The number of ether oxygens (including phenoxy) is 3. The van der Waals surface area contributed by atoms with Gasteiger partial charge in [0.1, 0.15) is 5.75 Å². The lowest BCUT2D eigenvalue weighted by Gasteiger charge is -2.17. The van der Waals surface area contributed by atoms with E-state index in [-0.39, 0.29) is 24.1 Å². The topological polar surface area (TPSA) is 77.1 Å². The van der Waals surface area contributed by atoms with Gasteiger partial charge in [0.2, 0.25) is 11.8 Å². The van der Waals surface area contributed by atoms with E-state index in [1.54, 1.807) is 38.4 Å². The Labute approximate surface area is 174 Å². The Morgan fingerprint density at radius 1 is 1.14 bits per heavy atom. The summed E-state index contributed by atoms with van der Waals surface area (Å²) in [5.41, 5.74) is 0.622. The number of fused-ring (bicyclic) bond motifs is 1. The largest absolute Gasteiger partial charge is 0.497 e. The molecule has 29 heavy (non-hydrogen) atoms. The molecule has 0 unspecified atom stereocenters. The molecule has 1 N–H and O–H groups in total. The first-order valence-corrected chi connectivity index (χ1v) is 10.2. The van der Waals surface area contributed by atoms with E-state index < -0.39 is 0 Å². The summed E-state index contributed by atoms with van der Waals surface area (Å²) in [5.74, 6) is 1.90. The van der Waals surface area contributed by atoms with Gasteiger partial charge in [-0.15, -0.1) is 11.8 Å². The predicted molar refractivity (Wildman–Crippen MR) is 112 cm³/mol. The molecule has 0 spiro atoms. The molecule has 3 rings (SSSR count). The van der Waals surface area contributed by atoms with Crippen LogP contribution in [0, 0.1) is 0 Å². The van der Waals surface area contributed by atoms with Crippen molar-refractivity contribution in [1.82, 2.24) is 4.90 Å². The van der Waals surface area contributed by atoms with E-state index >= 15 is 0 Å². The lowest BCUT2D eigenvalue weighted by molar-refractivity contribution is -0.131. The summed E-state index contributed by atoms with van der Waals surface area (Å²) in [4.78, 5) is 26.9. The van der Waals surface area contributed by atoms with Crippen LogP contribution < -0.4 is 19.5 Å². The van der Waals surface area contributed by atoms with Crippen LogP contribution in [-0.2, 0) is 9.59 Å². The number of nitrogens with one attached hydrogen (secondary N) is 1. The van der Waals surface area contributed by atoms with Gasteiger partial charge in [0.25, 0.3) is 0 Å². The lowest BCUT2D eigenvalue weighted by Crippen LogP contribution is -2.35. The summed E-state index contributed by atoms with van der Waals surface area (Å²) in [6, 6.07) is 12.7. The normalized spacial score (nSPS) is 12.6. The van der Waals surface area contributed by atoms with Crippen molar-refractivity contribution in [3.8, 4) is 17.2 Å². The highest BCUT2D eigenvalue weighted by Gasteiger charge is 2.15. The van der Waals surface area contributed by atoms with Gasteiger partial charge in [-0.2, -0.15) is 0 Å². The minimum absolute atomic E-state index is 0.0300. The van der Waals surface area contributed by atoms with Crippen LogP contribution in [0.1, 0.15) is 6.42 Å². The molecule has 0 atom stereocenters. The number of hydrogen-bond donors (Lipinski definition) is 1. The van der Waals surface area contributed by atoms with E-state index in [9.17, 15) is 9.59 Å². The zero-order valence-electron chi connectivity index (χ0n) is 16.5. The van der Waals surface area contributed by atoms with E-state index in [1.807, 2.05) is 18.2 Å². The molecule has 2 aromatic carbocycles. The van der Waals surface area contributed by atoms with E-state index in [0.29, 0.717) is 30.4 Å². The summed E-state index contributed by atoms with van der Waals surface area (Å²) in [5, 5.41) is 2.77. The number of carbonyl (C=O) groups is 2. The van der Waals surface area contributed by atoms with Crippen molar-refractivity contribution in [1.29, 1.82) is 0 Å².